The maximum absolute atomic E-state index is 11.8. The van der Waals surface area contributed by atoms with Crippen LogP contribution in [0.1, 0.15) is 21.7 Å². The molecule has 0 aliphatic rings. The van der Waals surface area contributed by atoms with Crippen LogP contribution in [0.3, 0.4) is 0 Å². The van der Waals surface area contributed by atoms with Crippen LogP contribution in [-0.2, 0) is 4.79 Å². The number of amides is 2. The Labute approximate surface area is 144 Å². The van der Waals surface area contributed by atoms with Gasteiger partial charge in [-0.2, -0.15) is 0 Å². The number of hydrogen-bond acceptors (Lipinski definition) is 5. The number of hydrogen-bond donors (Lipinski definition) is 3. The summed E-state index contributed by atoms with van der Waals surface area (Å²) < 4.78 is 10.4. The quantitative estimate of drug-likeness (QED) is 0.575. The number of hydrazine groups is 1. The van der Waals surface area contributed by atoms with E-state index in [9.17, 15) is 9.59 Å². The average molecular weight is 347 g/mol. The van der Waals surface area contributed by atoms with E-state index in [0.29, 0.717) is 17.1 Å². The van der Waals surface area contributed by atoms with Gasteiger partial charge in [-0.25, -0.2) is 0 Å². The van der Waals surface area contributed by atoms with Crippen LogP contribution < -0.4 is 20.9 Å². The zero-order valence-electron chi connectivity index (χ0n) is 13.2. The first kappa shape index (κ1) is 17.5. The smallest absolute Gasteiger partial charge is 0.273 e. The molecule has 0 saturated heterocycles. The summed E-state index contributed by atoms with van der Waals surface area (Å²) >= 11 is 4.93. The van der Waals surface area contributed by atoms with Crippen LogP contribution in [0.2, 0.25) is 0 Å². The van der Waals surface area contributed by atoms with Gasteiger partial charge < -0.3 is 9.15 Å². The van der Waals surface area contributed by atoms with Crippen LogP contribution in [0.25, 0.3) is 0 Å². The van der Waals surface area contributed by atoms with Crippen molar-refractivity contribution in [2.75, 3.05) is 6.61 Å². The summed E-state index contributed by atoms with van der Waals surface area (Å²) in [4.78, 5) is 23.6. The minimum atomic E-state index is -0.442. The number of thiocarbonyl (C=S) groups is 1. The van der Waals surface area contributed by atoms with Crippen molar-refractivity contribution in [3.63, 3.8) is 0 Å². The average Bonchev–Trinajstić information content (AvgIpc) is 2.97. The van der Waals surface area contributed by atoms with E-state index in [0.717, 1.165) is 5.56 Å². The summed E-state index contributed by atoms with van der Waals surface area (Å²) in [6, 6.07) is 8.86. The van der Waals surface area contributed by atoms with Crippen molar-refractivity contribution in [2.45, 2.75) is 13.8 Å². The van der Waals surface area contributed by atoms with Gasteiger partial charge in [0.15, 0.2) is 11.7 Å². The predicted molar refractivity (Wildman–Crippen MR) is 91.5 cm³/mol. The molecule has 0 bridgehead atoms. The topological polar surface area (TPSA) is 92.6 Å². The number of nitrogens with one attached hydrogen (secondary N) is 3. The van der Waals surface area contributed by atoms with E-state index in [1.54, 1.807) is 13.0 Å². The minimum Gasteiger partial charge on any atom is -0.484 e. The number of carbonyl (C=O) groups is 2. The number of carbonyl (C=O) groups excluding carboxylic acids is 2. The van der Waals surface area contributed by atoms with Crippen LogP contribution in [0.15, 0.2) is 41.0 Å². The van der Waals surface area contributed by atoms with E-state index in [2.05, 4.69) is 16.2 Å². The van der Waals surface area contributed by atoms with Crippen molar-refractivity contribution >= 4 is 29.1 Å². The zero-order valence-corrected chi connectivity index (χ0v) is 14.0. The Balaban J connectivity index is 1.73. The summed E-state index contributed by atoms with van der Waals surface area (Å²) in [6.07, 6.45) is 1.41. The maximum Gasteiger partial charge on any atom is 0.273 e. The van der Waals surface area contributed by atoms with E-state index in [-0.39, 0.29) is 11.7 Å². The Kier molecular flexibility index (Phi) is 5.91. The summed E-state index contributed by atoms with van der Waals surface area (Å²) in [5.74, 6) is 0.208. The molecule has 1 aromatic heterocycles. The normalized spacial score (nSPS) is 9.92. The van der Waals surface area contributed by atoms with Crippen molar-refractivity contribution in [3.8, 4) is 5.75 Å². The second-order valence-corrected chi connectivity index (χ2v) is 5.36. The van der Waals surface area contributed by atoms with Crippen LogP contribution >= 0.6 is 12.2 Å². The molecule has 3 N–H and O–H groups in total. The third-order valence-electron chi connectivity index (χ3n) is 3.01. The molecule has 1 aromatic carbocycles. The molecule has 0 aliphatic heterocycles. The van der Waals surface area contributed by atoms with E-state index in [1.165, 1.54) is 12.3 Å². The van der Waals surface area contributed by atoms with Gasteiger partial charge in [0.25, 0.3) is 11.8 Å². The van der Waals surface area contributed by atoms with Gasteiger partial charge in [0, 0.05) is 0 Å². The lowest BCUT2D eigenvalue weighted by Gasteiger charge is -2.11. The number of rotatable bonds is 4. The fraction of sp³-hybridized carbons (Fsp3) is 0.188. The third kappa shape index (κ3) is 5.10. The molecule has 2 rings (SSSR count). The van der Waals surface area contributed by atoms with Crippen LogP contribution in [0.4, 0.5) is 0 Å². The van der Waals surface area contributed by atoms with Gasteiger partial charge in [-0.15, -0.1) is 0 Å². The lowest BCUT2D eigenvalue weighted by atomic mass is 10.2. The van der Waals surface area contributed by atoms with Crippen molar-refractivity contribution in [1.82, 2.24) is 16.2 Å². The molecule has 24 heavy (non-hydrogen) atoms. The van der Waals surface area contributed by atoms with Crippen LogP contribution in [0.5, 0.6) is 5.75 Å². The van der Waals surface area contributed by atoms with Crippen LogP contribution in [0, 0.1) is 13.8 Å². The van der Waals surface area contributed by atoms with Gasteiger partial charge >= 0.3 is 0 Å². The molecule has 0 unspecified atom stereocenters. The standard InChI is InChI=1S/C16H17N3O4S/c1-10-4-3-5-12(8-10)23-9-14(20)17-16(24)19-18-15(21)13-6-7-22-11(13)2/h3-8H,9H2,1-2H3,(H,18,21)(H2,17,19,20,24). The Morgan fingerprint density at radius 3 is 2.67 bits per heavy atom. The minimum absolute atomic E-state index is 0.0395. The van der Waals surface area contributed by atoms with Gasteiger partial charge in [0.1, 0.15) is 11.5 Å². The number of benzene rings is 1. The molecule has 0 atom stereocenters. The van der Waals surface area contributed by atoms with E-state index in [1.807, 2.05) is 25.1 Å². The lowest BCUT2D eigenvalue weighted by molar-refractivity contribution is -0.121. The summed E-state index contributed by atoms with van der Waals surface area (Å²) in [5.41, 5.74) is 6.21. The SMILES string of the molecule is Cc1cccc(OCC(=O)NC(=S)NNC(=O)c2ccoc2C)c1. The highest BCUT2D eigenvalue weighted by molar-refractivity contribution is 7.80. The molecule has 126 valence electrons. The van der Waals surface area contributed by atoms with E-state index >= 15 is 0 Å². The van der Waals surface area contributed by atoms with Crippen molar-refractivity contribution in [3.05, 3.63) is 53.5 Å². The van der Waals surface area contributed by atoms with Crippen molar-refractivity contribution in [2.24, 2.45) is 0 Å². The molecule has 0 radical (unpaired) electrons. The lowest BCUT2D eigenvalue weighted by Crippen LogP contribution is -2.49. The van der Waals surface area contributed by atoms with Gasteiger partial charge in [0.05, 0.1) is 11.8 Å². The molecule has 0 spiro atoms. The molecule has 1 heterocycles. The predicted octanol–water partition coefficient (Wildman–Crippen LogP) is 1.61. The first-order valence-corrected chi connectivity index (χ1v) is 7.50. The Morgan fingerprint density at radius 1 is 1.21 bits per heavy atom. The first-order valence-electron chi connectivity index (χ1n) is 7.09. The Morgan fingerprint density at radius 2 is 2.00 bits per heavy atom. The fourth-order valence-electron chi connectivity index (χ4n) is 1.85. The maximum atomic E-state index is 11.8. The highest BCUT2D eigenvalue weighted by Gasteiger charge is 2.12. The van der Waals surface area contributed by atoms with Gasteiger partial charge in [-0.3, -0.25) is 25.8 Å². The number of aryl methyl sites for hydroxylation is 2. The Bertz CT molecular complexity index is 757. The second-order valence-electron chi connectivity index (χ2n) is 4.95. The summed E-state index contributed by atoms with van der Waals surface area (Å²) in [6.45, 7) is 3.40. The van der Waals surface area contributed by atoms with Gasteiger partial charge in [0.2, 0.25) is 0 Å². The first-order chi connectivity index (χ1) is 11.5. The zero-order chi connectivity index (χ0) is 17.5. The van der Waals surface area contributed by atoms with E-state index < -0.39 is 11.8 Å². The number of ether oxygens (including phenoxy) is 1. The number of furan rings is 1. The summed E-state index contributed by atoms with van der Waals surface area (Å²) in [7, 11) is 0. The van der Waals surface area contributed by atoms with Crippen molar-refractivity contribution < 1.29 is 18.7 Å². The Hall–Kier alpha value is -2.87. The fourth-order valence-corrected chi connectivity index (χ4v) is 2.01. The molecule has 2 aromatic rings. The summed E-state index contributed by atoms with van der Waals surface area (Å²) in [5, 5.41) is 2.36. The molecule has 2 amide bonds. The molecule has 0 saturated carbocycles. The van der Waals surface area contributed by atoms with Crippen LogP contribution in [-0.4, -0.2) is 23.5 Å². The molecular weight excluding hydrogens is 330 g/mol. The largest absolute Gasteiger partial charge is 0.484 e. The highest BCUT2D eigenvalue weighted by Crippen LogP contribution is 2.11. The molecule has 8 heteroatoms. The molecule has 0 aliphatic carbocycles. The van der Waals surface area contributed by atoms with Gasteiger partial charge in [-0.05, 0) is 49.8 Å². The van der Waals surface area contributed by atoms with Gasteiger partial charge in [-0.1, -0.05) is 12.1 Å². The highest BCUT2D eigenvalue weighted by atomic mass is 32.1. The molecular formula is C16H17N3O4S. The molecule has 7 nitrogen and oxygen atoms in total. The molecule has 0 fully saturated rings. The van der Waals surface area contributed by atoms with E-state index in [4.69, 9.17) is 21.4 Å². The second kappa shape index (κ2) is 8.11. The van der Waals surface area contributed by atoms with Crippen molar-refractivity contribution in [1.29, 1.82) is 0 Å². The third-order valence-corrected chi connectivity index (χ3v) is 3.21. The monoisotopic (exact) mass is 347 g/mol.